The van der Waals surface area contributed by atoms with E-state index in [1.54, 1.807) is 6.08 Å². The van der Waals surface area contributed by atoms with E-state index >= 15 is 0 Å². The minimum absolute atomic E-state index is 0.0215. The average molecular weight is 499 g/mol. The molecule has 0 aliphatic rings. The molecule has 2 N–H and O–H groups in total. The van der Waals surface area contributed by atoms with E-state index in [1.807, 2.05) is 37.3 Å². The lowest BCUT2D eigenvalue weighted by atomic mass is 10.0. The first kappa shape index (κ1) is 33.5. The van der Waals surface area contributed by atoms with Gasteiger partial charge in [-0.25, -0.2) is 0 Å². The molecule has 0 heterocycles. The summed E-state index contributed by atoms with van der Waals surface area (Å²) >= 11 is 0. The number of benzene rings is 1. The maximum Gasteiger partial charge on any atom is 0.231 e. The Morgan fingerprint density at radius 3 is 1.80 bits per heavy atom. The van der Waals surface area contributed by atoms with Crippen LogP contribution in [0.2, 0.25) is 0 Å². The summed E-state index contributed by atoms with van der Waals surface area (Å²) in [6.45, 7) is 10.6. The molecule has 0 spiro atoms. The molecular formula is C28H50O7. The molecule has 1 rings (SSSR count). The molecule has 0 saturated heterocycles. The van der Waals surface area contributed by atoms with Gasteiger partial charge in [-0.1, -0.05) is 69.7 Å². The second-order valence-corrected chi connectivity index (χ2v) is 8.25. The summed E-state index contributed by atoms with van der Waals surface area (Å²) in [7, 11) is 0. The third kappa shape index (κ3) is 22.7. The summed E-state index contributed by atoms with van der Waals surface area (Å²) in [5, 5.41) is 19.6. The van der Waals surface area contributed by atoms with Gasteiger partial charge in [-0.15, -0.1) is 6.58 Å². The average Bonchev–Trinajstić information content (AvgIpc) is 2.85. The third-order valence-electron chi connectivity index (χ3n) is 4.90. The van der Waals surface area contributed by atoms with Crippen LogP contribution < -0.4 is 4.74 Å². The topological polar surface area (TPSA) is 86.6 Å². The van der Waals surface area contributed by atoms with Gasteiger partial charge in [0, 0.05) is 6.42 Å². The fourth-order valence-corrected chi connectivity index (χ4v) is 3.17. The zero-order valence-corrected chi connectivity index (χ0v) is 22.1. The molecule has 0 aromatic heterocycles. The largest absolute Gasteiger partial charge is 0.460 e. The van der Waals surface area contributed by atoms with Crippen LogP contribution >= 0.6 is 0 Å². The van der Waals surface area contributed by atoms with E-state index in [1.165, 1.54) is 32.1 Å². The van der Waals surface area contributed by atoms with Gasteiger partial charge in [0.15, 0.2) is 0 Å². The van der Waals surface area contributed by atoms with E-state index in [0.717, 1.165) is 12.8 Å². The van der Waals surface area contributed by atoms with Gasteiger partial charge in [-0.05, 0) is 25.5 Å². The molecule has 0 radical (unpaired) electrons. The Morgan fingerprint density at radius 1 is 0.771 bits per heavy atom. The summed E-state index contributed by atoms with van der Waals surface area (Å²) < 4.78 is 27.5. The van der Waals surface area contributed by atoms with Gasteiger partial charge < -0.3 is 33.9 Å². The highest BCUT2D eigenvalue weighted by Crippen LogP contribution is 2.22. The molecule has 0 fully saturated rings. The van der Waals surface area contributed by atoms with Crippen molar-refractivity contribution in [2.24, 2.45) is 0 Å². The van der Waals surface area contributed by atoms with E-state index in [4.69, 9.17) is 28.8 Å². The first-order valence-corrected chi connectivity index (χ1v) is 13.1. The van der Waals surface area contributed by atoms with Gasteiger partial charge in [0.25, 0.3) is 0 Å². The van der Waals surface area contributed by atoms with Crippen LogP contribution in [0, 0.1) is 0 Å². The molecule has 0 aliphatic carbocycles. The van der Waals surface area contributed by atoms with Gasteiger partial charge >= 0.3 is 0 Å². The van der Waals surface area contributed by atoms with Crippen molar-refractivity contribution in [3.8, 4) is 5.75 Å². The minimum Gasteiger partial charge on any atom is -0.460 e. The number of allylic oxidation sites excluding steroid dienone is 1. The molecule has 1 aromatic rings. The minimum atomic E-state index is -1.34. The Morgan fingerprint density at radius 2 is 1.26 bits per heavy atom. The first-order valence-electron chi connectivity index (χ1n) is 13.1. The lowest BCUT2D eigenvalue weighted by molar-refractivity contribution is -0.185. The van der Waals surface area contributed by atoms with Gasteiger partial charge in [0.05, 0.1) is 52.9 Å². The van der Waals surface area contributed by atoms with Crippen LogP contribution in [0.25, 0.3) is 0 Å². The lowest BCUT2D eigenvalue weighted by Crippen LogP contribution is -2.41. The SMILES string of the molecule is C=CC.CCCCCCCCCC(O)(COCCOCCOCCOCCO)Oc1ccccc1. The number of aliphatic hydroxyl groups excluding tert-OH is 1. The number of ether oxygens (including phenoxy) is 5. The Labute approximate surface area is 213 Å². The lowest BCUT2D eigenvalue weighted by Gasteiger charge is -2.29. The maximum atomic E-state index is 11.0. The number of aliphatic hydroxyl groups is 2. The Balaban J connectivity index is 0.00000365. The Bertz CT molecular complexity index is 555. The molecule has 1 unspecified atom stereocenters. The second kappa shape index (κ2) is 25.6. The molecule has 1 aromatic carbocycles. The number of unbranched alkanes of at least 4 members (excludes halogenated alkanes) is 6. The highest BCUT2D eigenvalue weighted by Gasteiger charge is 2.29. The zero-order chi connectivity index (χ0) is 25.9. The summed E-state index contributed by atoms with van der Waals surface area (Å²) in [6.07, 6.45) is 10.5. The van der Waals surface area contributed by atoms with E-state index in [9.17, 15) is 5.11 Å². The standard InChI is InChI=1S/C25H44O7.C3H6/c1-2-3-4-5-6-7-11-14-25(27,32-24-12-9-8-10-13-24)23-31-22-21-30-20-19-29-18-17-28-16-15-26;1-3-2/h8-10,12-13,26-27H,2-7,11,14-23H2,1H3;3H,1H2,2H3. The second-order valence-electron chi connectivity index (χ2n) is 8.25. The van der Waals surface area contributed by atoms with Crippen LogP contribution in [0.1, 0.15) is 65.2 Å². The fourth-order valence-electron chi connectivity index (χ4n) is 3.17. The monoisotopic (exact) mass is 498 g/mol. The zero-order valence-electron chi connectivity index (χ0n) is 22.1. The quantitative estimate of drug-likeness (QED) is 0.123. The number of hydrogen-bond acceptors (Lipinski definition) is 7. The molecule has 0 bridgehead atoms. The van der Waals surface area contributed by atoms with Crippen LogP contribution in [-0.4, -0.2) is 75.5 Å². The molecule has 35 heavy (non-hydrogen) atoms. The van der Waals surface area contributed by atoms with Crippen molar-refractivity contribution in [3.63, 3.8) is 0 Å². The van der Waals surface area contributed by atoms with E-state index in [-0.39, 0.29) is 13.2 Å². The summed E-state index contributed by atoms with van der Waals surface area (Å²) in [4.78, 5) is 0. The van der Waals surface area contributed by atoms with Crippen LogP contribution in [0.4, 0.5) is 0 Å². The van der Waals surface area contributed by atoms with Crippen LogP contribution in [0.3, 0.4) is 0 Å². The van der Waals surface area contributed by atoms with E-state index < -0.39 is 5.79 Å². The molecule has 0 saturated carbocycles. The van der Waals surface area contributed by atoms with Gasteiger partial charge in [-0.2, -0.15) is 0 Å². The van der Waals surface area contributed by atoms with Gasteiger partial charge in [0.2, 0.25) is 5.79 Å². The Hall–Kier alpha value is -1.48. The van der Waals surface area contributed by atoms with Crippen LogP contribution in [0.5, 0.6) is 5.75 Å². The maximum absolute atomic E-state index is 11.0. The molecule has 7 nitrogen and oxygen atoms in total. The highest BCUT2D eigenvalue weighted by molar-refractivity contribution is 5.21. The number of rotatable bonds is 23. The smallest absolute Gasteiger partial charge is 0.231 e. The van der Waals surface area contributed by atoms with Crippen molar-refractivity contribution in [1.82, 2.24) is 0 Å². The van der Waals surface area contributed by atoms with Gasteiger partial charge in [-0.3, -0.25) is 0 Å². The normalized spacial score (nSPS) is 12.5. The summed E-state index contributed by atoms with van der Waals surface area (Å²) in [5.41, 5.74) is 0. The summed E-state index contributed by atoms with van der Waals surface area (Å²) in [6, 6.07) is 9.38. The molecular weight excluding hydrogens is 448 g/mol. The molecule has 0 aliphatic heterocycles. The van der Waals surface area contributed by atoms with Crippen molar-refractivity contribution in [3.05, 3.63) is 43.0 Å². The Kier molecular flexibility index (Phi) is 24.5. The van der Waals surface area contributed by atoms with Crippen molar-refractivity contribution in [1.29, 1.82) is 0 Å². The predicted octanol–water partition coefficient (Wildman–Crippen LogP) is 5.15. The highest BCUT2D eigenvalue weighted by atomic mass is 16.7. The van der Waals surface area contributed by atoms with Crippen molar-refractivity contribution in [2.45, 2.75) is 71.0 Å². The number of hydrogen-bond donors (Lipinski definition) is 2. The molecule has 7 heteroatoms. The van der Waals surface area contributed by atoms with Crippen molar-refractivity contribution in [2.75, 3.05) is 59.5 Å². The van der Waals surface area contributed by atoms with Gasteiger partial charge in [0.1, 0.15) is 12.4 Å². The van der Waals surface area contributed by atoms with E-state index in [2.05, 4.69) is 13.5 Å². The van der Waals surface area contributed by atoms with Crippen LogP contribution in [0.15, 0.2) is 43.0 Å². The third-order valence-corrected chi connectivity index (χ3v) is 4.90. The van der Waals surface area contributed by atoms with Crippen molar-refractivity contribution >= 4 is 0 Å². The number of para-hydroxylation sites is 1. The van der Waals surface area contributed by atoms with Crippen molar-refractivity contribution < 1.29 is 33.9 Å². The molecule has 1 atom stereocenters. The molecule has 0 amide bonds. The van der Waals surface area contributed by atoms with E-state index in [0.29, 0.717) is 58.4 Å². The summed E-state index contributed by atoms with van der Waals surface area (Å²) in [5.74, 6) is -0.708. The van der Waals surface area contributed by atoms with Crippen LogP contribution in [-0.2, 0) is 18.9 Å². The fraction of sp³-hybridized carbons (Fsp3) is 0.714. The first-order chi connectivity index (χ1) is 17.1. The molecule has 204 valence electrons. The predicted molar refractivity (Wildman–Crippen MR) is 141 cm³/mol.